The van der Waals surface area contributed by atoms with Crippen LogP contribution >= 0.6 is 11.3 Å². The van der Waals surface area contributed by atoms with E-state index in [2.05, 4.69) is 38.9 Å². The van der Waals surface area contributed by atoms with E-state index in [9.17, 15) is 4.79 Å². The molecule has 2 aliphatic rings. The van der Waals surface area contributed by atoms with E-state index < -0.39 is 0 Å². The van der Waals surface area contributed by atoms with E-state index in [1.807, 2.05) is 6.92 Å². The normalized spacial score (nSPS) is 31.4. The van der Waals surface area contributed by atoms with Gasteiger partial charge in [0.05, 0.1) is 6.04 Å². The van der Waals surface area contributed by atoms with Gasteiger partial charge in [-0.25, -0.2) is 0 Å². The van der Waals surface area contributed by atoms with Gasteiger partial charge in [0.15, 0.2) is 0 Å². The van der Waals surface area contributed by atoms with E-state index >= 15 is 0 Å². The van der Waals surface area contributed by atoms with Crippen LogP contribution < -0.4 is 5.32 Å². The molecule has 0 saturated carbocycles. The van der Waals surface area contributed by atoms with Crippen LogP contribution in [0.4, 0.5) is 0 Å². The molecule has 0 aliphatic carbocycles. The van der Waals surface area contributed by atoms with Gasteiger partial charge in [0.2, 0.25) is 5.91 Å². The second-order valence-corrected chi connectivity index (χ2v) is 6.67. The molecule has 3 rings (SSSR count). The molecule has 0 bridgehead atoms. The van der Waals surface area contributed by atoms with E-state index in [0.29, 0.717) is 5.92 Å². The minimum absolute atomic E-state index is 0.0661. The maximum Gasteiger partial charge on any atom is 0.241 e. The van der Waals surface area contributed by atoms with Crippen LogP contribution in [0.3, 0.4) is 0 Å². The lowest BCUT2D eigenvalue weighted by Crippen LogP contribution is -2.36. The van der Waals surface area contributed by atoms with E-state index in [1.54, 1.807) is 11.3 Å². The number of amides is 1. The van der Waals surface area contributed by atoms with Crippen molar-refractivity contribution < 1.29 is 4.79 Å². The number of thiophene rings is 1. The van der Waals surface area contributed by atoms with Gasteiger partial charge in [-0.3, -0.25) is 10.1 Å². The number of nitrogens with one attached hydrogen (secondary N) is 1. The summed E-state index contributed by atoms with van der Waals surface area (Å²) in [5.41, 5.74) is 1.22. The molecule has 3 atom stereocenters. The van der Waals surface area contributed by atoms with Crippen LogP contribution in [0.15, 0.2) is 16.8 Å². The zero-order valence-corrected chi connectivity index (χ0v) is 13.0. The van der Waals surface area contributed by atoms with Crippen LogP contribution in [0, 0.1) is 5.92 Å². The van der Waals surface area contributed by atoms with E-state index in [0.717, 1.165) is 19.6 Å². The predicted molar refractivity (Wildman–Crippen MR) is 81.6 cm³/mol. The van der Waals surface area contributed by atoms with Crippen molar-refractivity contribution in [2.24, 2.45) is 5.92 Å². The first-order valence-corrected chi connectivity index (χ1v) is 8.44. The van der Waals surface area contributed by atoms with Crippen LogP contribution in [-0.2, 0) is 4.79 Å². The third kappa shape index (κ3) is 2.62. The summed E-state index contributed by atoms with van der Waals surface area (Å²) in [5.74, 6) is 0.864. The Bertz CT molecular complexity index is 462. The van der Waals surface area contributed by atoms with Gasteiger partial charge in [0, 0.05) is 13.1 Å². The fourth-order valence-electron chi connectivity index (χ4n) is 3.30. The maximum atomic E-state index is 12.4. The molecule has 2 saturated heterocycles. The lowest BCUT2D eigenvalue weighted by molar-refractivity contribution is -0.130. The van der Waals surface area contributed by atoms with Gasteiger partial charge < -0.3 is 9.80 Å². The Kier molecular flexibility index (Phi) is 4.10. The van der Waals surface area contributed by atoms with Gasteiger partial charge >= 0.3 is 0 Å². The van der Waals surface area contributed by atoms with Crippen molar-refractivity contribution >= 4 is 17.2 Å². The summed E-state index contributed by atoms with van der Waals surface area (Å²) in [6, 6.07) is 2.05. The average Bonchev–Trinajstić information content (AvgIpc) is 3.16. The molecule has 3 heterocycles. The first-order chi connectivity index (χ1) is 9.69. The lowest BCUT2D eigenvalue weighted by Gasteiger charge is -2.26. The molecule has 2 fully saturated rings. The molecule has 1 N–H and O–H groups in total. The fourth-order valence-corrected chi connectivity index (χ4v) is 3.98. The summed E-state index contributed by atoms with van der Waals surface area (Å²) in [5, 5.41) is 7.65. The van der Waals surface area contributed by atoms with Gasteiger partial charge in [-0.1, -0.05) is 6.92 Å². The quantitative estimate of drug-likeness (QED) is 0.921. The van der Waals surface area contributed by atoms with Crippen molar-refractivity contribution in [3.8, 4) is 0 Å². The third-order valence-corrected chi connectivity index (χ3v) is 5.21. The first-order valence-electron chi connectivity index (χ1n) is 7.50. The number of likely N-dealkylation sites (tertiary alicyclic amines) is 1. The first kappa shape index (κ1) is 14.0. The molecule has 4 nitrogen and oxygen atoms in total. The molecule has 110 valence electrons. The molecule has 20 heavy (non-hydrogen) atoms. The summed E-state index contributed by atoms with van der Waals surface area (Å²) in [6.07, 6.45) is 1.28. The van der Waals surface area contributed by atoms with Crippen molar-refractivity contribution in [2.75, 3.05) is 26.2 Å². The molecular weight excluding hydrogens is 270 g/mol. The van der Waals surface area contributed by atoms with Crippen LogP contribution in [0.5, 0.6) is 0 Å². The summed E-state index contributed by atoms with van der Waals surface area (Å²) in [6.45, 7) is 8.48. The summed E-state index contributed by atoms with van der Waals surface area (Å²) < 4.78 is 0. The molecule has 0 spiro atoms. The Morgan fingerprint density at radius 3 is 3.00 bits per heavy atom. The zero-order chi connectivity index (χ0) is 14.1. The molecule has 3 unspecified atom stereocenters. The number of carbonyl (C=O) groups excluding carboxylic acids is 1. The number of hydrogen-bond donors (Lipinski definition) is 1. The molecule has 2 aliphatic heterocycles. The minimum Gasteiger partial charge on any atom is -0.321 e. The highest BCUT2D eigenvalue weighted by molar-refractivity contribution is 7.07. The molecule has 1 aromatic heterocycles. The molecule has 1 aromatic rings. The molecular formula is C15H23N3OS. The Labute approximate surface area is 124 Å². The number of nitrogens with zero attached hydrogens (tertiary/aromatic N) is 2. The van der Waals surface area contributed by atoms with E-state index in [-0.39, 0.29) is 18.1 Å². The van der Waals surface area contributed by atoms with Crippen molar-refractivity contribution in [1.82, 2.24) is 15.1 Å². The lowest BCUT2D eigenvalue weighted by atomic mass is 10.1. The van der Waals surface area contributed by atoms with Gasteiger partial charge in [0.25, 0.3) is 0 Å². The number of hydrogen-bond acceptors (Lipinski definition) is 4. The largest absolute Gasteiger partial charge is 0.321 e. The third-order valence-electron chi connectivity index (χ3n) is 4.50. The number of carbonyl (C=O) groups is 1. The molecule has 5 heteroatoms. The Hall–Kier alpha value is -0.910. The van der Waals surface area contributed by atoms with Crippen LogP contribution in [0.25, 0.3) is 0 Å². The smallest absolute Gasteiger partial charge is 0.241 e. The second-order valence-electron chi connectivity index (χ2n) is 5.89. The van der Waals surface area contributed by atoms with E-state index in [4.69, 9.17) is 0 Å². The Morgan fingerprint density at radius 1 is 1.50 bits per heavy atom. The van der Waals surface area contributed by atoms with Crippen molar-refractivity contribution in [3.63, 3.8) is 0 Å². The second kappa shape index (κ2) is 5.84. The minimum atomic E-state index is -0.0661. The van der Waals surface area contributed by atoms with Gasteiger partial charge in [-0.05, 0) is 54.7 Å². The van der Waals surface area contributed by atoms with Crippen molar-refractivity contribution in [2.45, 2.75) is 32.5 Å². The summed E-state index contributed by atoms with van der Waals surface area (Å²) in [4.78, 5) is 16.9. The van der Waals surface area contributed by atoms with Crippen molar-refractivity contribution in [1.29, 1.82) is 0 Å². The van der Waals surface area contributed by atoms with Crippen molar-refractivity contribution in [3.05, 3.63) is 22.4 Å². The predicted octanol–water partition coefficient (Wildman–Crippen LogP) is 1.91. The van der Waals surface area contributed by atoms with Gasteiger partial charge in [0.1, 0.15) is 6.17 Å². The zero-order valence-electron chi connectivity index (χ0n) is 12.2. The maximum absolute atomic E-state index is 12.4. The Balaban J connectivity index is 1.70. The standard InChI is InChI=1S/C15H23N3OS/c1-3-17-6-4-12(8-17)9-18-14(13-5-7-20-10-13)16-11(2)15(18)19/h5,7,10-12,14,16H,3-4,6,8-9H2,1-2H3. The average molecular weight is 293 g/mol. The van der Waals surface area contributed by atoms with Crippen LogP contribution in [0.2, 0.25) is 0 Å². The highest BCUT2D eigenvalue weighted by Gasteiger charge is 2.39. The highest BCUT2D eigenvalue weighted by atomic mass is 32.1. The molecule has 0 radical (unpaired) electrons. The SMILES string of the molecule is CCN1CCC(CN2C(=O)C(C)NC2c2ccsc2)C1. The Morgan fingerprint density at radius 2 is 2.35 bits per heavy atom. The van der Waals surface area contributed by atoms with Crippen LogP contribution in [-0.4, -0.2) is 47.9 Å². The van der Waals surface area contributed by atoms with Gasteiger partial charge in [-0.2, -0.15) is 11.3 Å². The van der Waals surface area contributed by atoms with Gasteiger partial charge in [-0.15, -0.1) is 0 Å². The van der Waals surface area contributed by atoms with E-state index in [1.165, 1.54) is 18.5 Å². The number of rotatable bonds is 4. The van der Waals surface area contributed by atoms with Crippen LogP contribution in [0.1, 0.15) is 32.0 Å². The highest BCUT2D eigenvalue weighted by Crippen LogP contribution is 2.29. The monoisotopic (exact) mass is 293 g/mol. The topological polar surface area (TPSA) is 35.6 Å². The molecule has 1 amide bonds. The summed E-state index contributed by atoms with van der Waals surface area (Å²) in [7, 11) is 0. The fraction of sp³-hybridized carbons (Fsp3) is 0.667. The molecule has 0 aromatic carbocycles. The summed E-state index contributed by atoms with van der Waals surface area (Å²) >= 11 is 1.69.